The summed E-state index contributed by atoms with van der Waals surface area (Å²) in [5, 5.41) is 37.9. The molecule has 1 aromatic rings. The van der Waals surface area contributed by atoms with E-state index < -0.39 is 36.7 Å². The Morgan fingerprint density at radius 1 is 1.09 bits per heavy atom. The third-order valence-corrected chi connectivity index (χ3v) is 3.29. The highest BCUT2D eigenvalue weighted by molar-refractivity contribution is 5.87. The molecule has 0 radical (unpaired) electrons. The molecule has 0 amide bonds. The van der Waals surface area contributed by atoms with E-state index in [1.54, 1.807) is 6.08 Å². The van der Waals surface area contributed by atoms with Crippen molar-refractivity contribution in [1.29, 1.82) is 0 Å². The molecule has 7 heteroatoms. The van der Waals surface area contributed by atoms with Crippen molar-refractivity contribution in [2.45, 2.75) is 30.7 Å². The first kappa shape index (κ1) is 16.6. The maximum Gasteiger partial charge on any atom is 0.330 e. The first-order valence-electron chi connectivity index (χ1n) is 6.76. The predicted octanol–water partition coefficient (Wildman–Crippen LogP) is -0.957. The molecule has 0 saturated carbocycles. The zero-order valence-electron chi connectivity index (χ0n) is 11.6. The summed E-state index contributed by atoms with van der Waals surface area (Å²) in [6, 6.07) is 9.12. The fourth-order valence-electron chi connectivity index (χ4n) is 2.01. The van der Waals surface area contributed by atoms with Crippen LogP contribution in [-0.2, 0) is 14.3 Å². The van der Waals surface area contributed by atoms with Gasteiger partial charge in [-0.2, -0.15) is 0 Å². The second-order valence-corrected chi connectivity index (χ2v) is 4.91. The van der Waals surface area contributed by atoms with Crippen molar-refractivity contribution in [2.24, 2.45) is 0 Å². The van der Waals surface area contributed by atoms with Crippen molar-refractivity contribution in [3.05, 3.63) is 42.0 Å². The summed E-state index contributed by atoms with van der Waals surface area (Å²) in [6.07, 6.45) is -4.65. The van der Waals surface area contributed by atoms with Gasteiger partial charge in [-0.25, -0.2) is 4.79 Å². The van der Waals surface area contributed by atoms with Crippen molar-refractivity contribution in [2.75, 3.05) is 6.61 Å². The van der Waals surface area contributed by atoms with Gasteiger partial charge < -0.3 is 29.9 Å². The van der Waals surface area contributed by atoms with Gasteiger partial charge in [-0.3, -0.25) is 0 Å². The molecule has 7 nitrogen and oxygen atoms in total. The molecule has 1 aliphatic heterocycles. The summed E-state index contributed by atoms with van der Waals surface area (Å²) < 4.78 is 9.78. The quantitative estimate of drug-likeness (QED) is 0.418. The lowest BCUT2D eigenvalue weighted by atomic mass is 9.99. The fraction of sp³-hybridized carbons (Fsp3) is 0.400. The van der Waals surface area contributed by atoms with Crippen LogP contribution in [0.1, 0.15) is 5.56 Å². The Morgan fingerprint density at radius 2 is 1.77 bits per heavy atom. The van der Waals surface area contributed by atoms with E-state index in [2.05, 4.69) is 0 Å². The van der Waals surface area contributed by atoms with Gasteiger partial charge in [0.1, 0.15) is 31.0 Å². The maximum absolute atomic E-state index is 11.6. The molecule has 22 heavy (non-hydrogen) atoms. The Morgan fingerprint density at radius 3 is 2.45 bits per heavy atom. The summed E-state index contributed by atoms with van der Waals surface area (Å²) in [5.74, 6) is -0.658. The normalized spacial score (nSPS) is 32.1. The van der Waals surface area contributed by atoms with Gasteiger partial charge in [0, 0.05) is 6.08 Å². The molecule has 1 heterocycles. The Bertz CT molecular complexity index is 516. The number of esters is 1. The molecule has 0 spiro atoms. The fourth-order valence-corrected chi connectivity index (χ4v) is 2.01. The molecule has 0 bridgehead atoms. The number of carbonyl (C=O) groups excluding carboxylic acids is 1. The van der Waals surface area contributed by atoms with Gasteiger partial charge in [-0.05, 0) is 11.6 Å². The summed E-state index contributed by atoms with van der Waals surface area (Å²) in [4.78, 5) is 11.6. The predicted molar refractivity (Wildman–Crippen MR) is 75.3 cm³/mol. The largest absolute Gasteiger partial charge is 0.460 e. The molecular weight excluding hydrogens is 292 g/mol. The van der Waals surface area contributed by atoms with Crippen LogP contribution in [0.15, 0.2) is 36.4 Å². The zero-order chi connectivity index (χ0) is 16.1. The highest BCUT2D eigenvalue weighted by atomic mass is 16.6. The summed E-state index contributed by atoms with van der Waals surface area (Å²) >= 11 is 0. The number of aliphatic hydroxyl groups excluding tert-OH is 4. The van der Waals surface area contributed by atoms with Gasteiger partial charge in [0.05, 0.1) is 0 Å². The molecule has 0 aliphatic carbocycles. The second kappa shape index (κ2) is 7.48. The van der Waals surface area contributed by atoms with Crippen molar-refractivity contribution in [3.63, 3.8) is 0 Å². The molecule has 5 atom stereocenters. The van der Waals surface area contributed by atoms with Gasteiger partial charge >= 0.3 is 5.97 Å². The molecule has 120 valence electrons. The number of rotatable bonds is 4. The van der Waals surface area contributed by atoms with E-state index in [4.69, 9.17) is 9.47 Å². The average molecular weight is 310 g/mol. The minimum atomic E-state index is -1.65. The van der Waals surface area contributed by atoms with Gasteiger partial charge in [-0.1, -0.05) is 30.3 Å². The molecule has 2 rings (SSSR count). The molecule has 0 aromatic heterocycles. The summed E-state index contributed by atoms with van der Waals surface area (Å²) in [5.41, 5.74) is 0.822. The Hall–Kier alpha value is -1.77. The van der Waals surface area contributed by atoms with Crippen LogP contribution in [-0.4, -0.2) is 63.7 Å². The molecule has 1 fully saturated rings. The third kappa shape index (κ3) is 4.12. The van der Waals surface area contributed by atoms with Crippen LogP contribution in [0.5, 0.6) is 0 Å². The number of hydrogen-bond acceptors (Lipinski definition) is 7. The standard InChI is InChI=1S/C15H18O7/c16-11(7-6-9-4-2-1-3-5-9)21-8-10-12(17)13(18)14(19)15(20)22-10/h1-7,10,12-15,17-20H,8H2/b7-6+/t10-,12-,13+,14-,15?/m1/s1. The van der Waals surface area contributed by atoms with Crippen LogP contribution in [0.2, 0.25) is 0 Å². The zero-order valence-corrected chi connectivity index (χ0v) is 11.6. The van der Waals surface area contributed by atoms with Gasteiger partial charge in [0.25, 0.3) is 0 Å². The van der Waals surface area contributed by atoms with Crippen LogP contribution in [0.3, 0.4) is 0 Å². The topological polar surface area (TPSA) is 116 Å². The average Bonchev–Trinajstić information content (AvgIpc) is 2.54. The van der Waals surface area contributed by atoms with Crippen molar-refractivity contribution >= 4 is 12.0 Å². The summed E-state index contributed by atoms with van der Waals surface area (Å²) in [6.45, 7) is -0.361. The molecule has 1 saturated heterocycles. The molecular formula is C15H18O7. The van der Waals surface area contributed by atoms with E-state index in [0.717, 1.165) is 5.56 Å². The second-order valence-electron chi connectivity index (χ2n) is 4.91. The smallest absolute Gasteiger partial charge is 0.330 e. The van der Waals surface area contributed by atoms with Crippen molar-refractivity contribution < 1.29 is 34.7 Å². The minimum Gasteiger partial charge on any atom is -0.460 e. The van der Waals surface area contributed by atoms with E-state index in [9.17, 15) is 25.2 Å². The van der Waals surface area contributed by atoms with Gasteiger partial charge in [0.15, 0.2) is 6.29 Å². The lowest BCUT2D eigenvalue weighted by molar-refractivity contribution is -0.287. The highest BCUT2D eigenvalue weighted by Gasteiger charge is 2.43. The van der Waals surface area contributed by atoms with Crippen molar-refractivity contribution in [1.82, 2.24) is 0 Å². The van der Waals surface area contributed by atoms with Crippen LogP contribution in [0, 0.1) is 0 Å². The minimum absolute atomic E-state index is 0.361. The first-order chi connectivity index (χ1) is 10.5. The number of ether oxygens (including phenoxy) is 2. The van der Waals surface area contributed by atoms with E-state index >= 15 is 0 Å². The van der Waals surface area contributed by atoms with Crippen LogP contribution >= 0.6 is 0 Å². The molecule has 1 aliphatic rings. The molecule has 4 N–H and O–H groups in total. The van der Waals surface area contributed by atoms with Crippen LogP contribution < -0.4 is 0 Å². The SMILES string of the molecule is O=C(/C=C/c1ccccc1)OC[C@H]1OC(O)[C@H](O)[C@@H](O)[C@@H]1O. The Balaban J connectivity index is 1.84. The number of benzene rings is 1. The Kier molecular flexibility index (Phi) is 5.64. The molecule has 1 unspecified atom stereocenters. The third-order valence-electron chi connectivity index (χ3n) is 3.29. The number of aliphatic hydroxyl groups is 4. The van der Waals surface area contributed by atoms with E-state index in [1.165, 1.54) is 6.08 Å². The maximum atomic E-state index is 11.6. The first-order valence-corrected chi connectivity index (χ1v) is 6.76. The lowest BCUT2D eigenvalue weighted by Crippen LogP contribution is -2.58. The number of hydrogen-bond donors (Lipinski definition) is 4. The Labute approximate surface area is 127 Å². The van der Waals surface area contributed by atoms with Crippen LogP contribution in [0.4, 0.5) is 0 Å². The van der Waals surface area contributed by atoms with E-state index in [1.807, 2.05) is 30.3 Å². The van der Waals surface area contributed by atoms with E-state index in [0.29, 0.717) is 0 Å². The van der Waals surface area contributed by atoms with Crippen molar-refractivity contribution in [3.8, 4) is 0 Å². The van der Waals surface area contributed by atoms with E-state index in [-0.39, 0.29) is 6.61 Å². The summed E-state index contributed by atoms with van der Waals surface area (Å²) in [7, 11) is 0. The molecule has 1 aromatic carbocycles. The van der Waals surface area contributed by atoms with Gasteiger partial charge in [0.2, 0.25) is 0 Å². The van der Waals surface area contributed by atoms with Crippen LogP contribution in [0.25, 0.3) is 6.08 Å². The highest BCUT2D eigenvalue weighted by Crippen LogP contribution is 2.20. The lowest BCUT2D eigenvalue weighted by Gasteiger charge is -2.37. The monoisotopic (exact) mass is 310 g/mol. The number of carbonyl (C=O) groups is 1. The van der Waals surface area contributed by atoms with Gasteiger partial charge in [-0.15, -0.1) is 0 Å².